The number of nitrogens with zero attached hydrogens (tertiary/aromatic N) is 2. The van der Waals surface area contributed by atoms with Crippen molar-refractivity contribution in [2.24, 2.45) is 0 Å². The highest BCUT2D eigenvalue weighted by molar-refractivity contribution is 5.93. The number of carboxylic acid groups (broad SMARTS) is 1. The molecule has 0 bridgehead atoms. The first-order valence-electron chi connectivity index (χ1n) is 10.2. The quantitative estimate of drug-likeness (QED) is 0.556. The molecule has 1 aliphatic rings. The standard InChI is InChI=1S/C24H24FN3O3/c1-28(18-4-2-17(25)3-5-18)19-6-7-20-16(10-13-31-23(20)14-19)8-12-27-22-15-26-11-9-21(22)24(29)30/h2-7,9,11,14-16,27H,8,10,12-13H2,1H3,(H,29,30). The van der Waals surface area contributed by atoms with Crippen LogP contribution in [0.1, 0.15) is 34.7 Å². The van der Waals surface area contributed by atoms with Gasteiger partial charge in [0.25, 0.3) is 0 Å². The Morgan fingerprint density at radius 1 is 1.23 bits per heavy atom. The van der Waals surface area contributed by atoms with Gasteiger partial charge < -0.3 is 20.1 Å². The van der Waals surface area contributed by atoms with Crippen LogP contribution in [0, 0.1) is 5.82 Å². The van der Waals surface area contributed by atoms with Gasteiger partial charge in [-0.05, 0) is 60.7 Å². The summed E-state index contributed by atoms with van der Waals surface area (Å²) in [6.07, 6.45) is 4.76. The van der Waals surface area contributed by atoms with Gasteiger partial charge in [-0.15, -0.1) is 0 Å². The molecule has 2 aromatic carbocycles. The number of hydrogen-bond donors (Lipinski definition) is 2. The Labute approximate surface area is 180 Å². The van der Waals surface area contributed by atoms with Gasteiger partial charge in [-0.25, -0.2) is 9.18 Å². The zero-order chi connectivity index (χ0) is 21.8. The number of carboxylic acids is 1. The van der Waals surface area contributed by atoms with E-state index < -0.39 is 5.97 Å². The van der Waals surface area contributed by atoms with Crippen molar-refractivity contribution < 1.29 is 19.0 Å². The Kier molecular flexibility index (Phi) is 6.02. The zero-order valence-corrected chi connectivity index (χ0v) is 17.2. The van der Waals surface area contributed by atoms with Crippen molar-refractivity contribution in [3.05, 3.63) is 77.9 Å². The van der Waals surface area contributed by atoms with Crippen LogP contribution in [0.2, 0.25) is 0 Å². The molecule has 0 radical (unpaired) electrons. The third-order valence-corrected chi connectivity index (χ3v) is 5.62. The first-order valence-corrected chi connectivity index (χ1v) is 10.2. The molecule has 1 unspecified atom stereocenters. The smallest absolute Gasteiger partial charge is 0.337 e. The van der Waals surface area contributed by atoms with Crippen LogP contribution in [0.3, 0.4) is 0 Å². The number of rotatable bonds is 7. The van der Waals surface area contributed by atoms with Crippen LogP contribution in [-0.4, -0.2) is 36.3 Å². The molecule has 160 valence electrons. The maximum Gasteiger partial charge on any atom is 0.337 e. The van der Waals surface area contributed by atoms with E-state index in [1.54, 1.807) is 18.3 Å². The lowest BCUT2D eigenvalue weighted by molar-refractivity contribution is 0.0698. The van der Waals surface area contributed by atoms with E-state index in [-0.39, 0.29) is 11.4 Å². The van der Waals surface area contributed by atoms with Gasteiger partial charge in [-0.3, -0.25) is 4.98 Å². The van der Waals surface area contributed by atoms with E-state index in [1.807, 2.05) is 24.1 Å². The normalized spacial score (nSPS) is 15.0. The van der Waals surface area contributed by atoms with Gasteiger partial charge in [-0.1, -0.05) is 6.07 Å². The van der Waals surface area contributed by atoms with E-state index in [1.165, 1.54) is 24.4 Å². The highest BCUT2D eigenvalue weighted by Gasteiger charge is 2.22. The van der Waals surface area contributed by atoms with Crippen LogP contribution >= 0.6 is 0 Å². The van der Waals surface area contributed by atoms with E-state index >= 15 is 0 Å². The predicted octanol–water partition coefficient (Wildman–Crippen LogP) is 5.06. The maximum atomic E-state index is 13.2. The minimum atomic E-state index is -0.973. The minimum absolute atomic E-state index is 0.218. The summed E-state index contributed by atoms with van der Waals surface area (Å²) in [6, 6.07) is 14.0. The van der Waals surface area contributed by atoms with E-state index in [2.05, 4.69) is 16.4 Å². The van der Waals surface area contributed by atoms with Crippen molar-refractivity contribution in [2.45, 2.75) is 18.8 Å². The lowest BCUT2D eigenvalue weighted by atomic mass is 9.90. The first-order chi connectivity index (χ1) is 15.0. The molecule has 7 heteroatoms. The van der Waals surface area contributed by atoms with E-state index in [0.717, 1.165) is 35.5 Å². The third kappa shape index (κ3) is 4.60. The average Bonchev–Trinajstić information content (AvgIpc) is 2.79. The number of carbonyl (C=O) groups is 1. The molecule has 1 aromatic heterocycles. The minimum Gasteiger partial charge on any atom is -0.493 e. The van der Waals surface area contributed by atoms with E-state index in [0.29, 0.717) is 24.8 Å². The summed E-state index contributed by atoms with van der Waals surface area (Å²) in [5.74, 6) is -0.0649. The Morgan fingerprint density at radius 2 is 2.00 bits per heavy atom. The number of aromatic carboxylic acids is 1. The maximum absolute atomic E-state index is 13.2. The Balaban J connectivity index is 1.45. The molecule has 0 aliphatic carbocycles. The van der Waals surface area contributed by atoms with E-state index in [9.17, 15) is 14.3 Å². The van der Waals surface area contributed by atoms with Crippen molar-refractivity contribution in [3.63, 3.8) is 0 Å². The number of pyridine rings is 1. The highest BCUT2D eigenvalue weighted by Crippen LogP contribution is 2.39. The highest BCUT2D eigenvalue weighted by atomic mass is 19.1. The predicted molar refractivity (Wildman–Crippen MR) is 118 cm³/mol. The summed E-state index contributed by atoms with van der Waals surface area (Å²) < 4.78 is 19.1. The molecular formula is C24H24FN3O3. The number of aromatic nitrogens is 1. The summed E-state index contributed by atoms with van der Waals surface area (Å²) >= 11 is 0. The summed E-state index contributed by atoms with van der Waals surface area (Å²) in [5.41, 5.74) is 3.75. The molecule has 0 spiro atoms. The topological polar surface area (TPSA) is 74.7 Å². The molecular weight excluding hydrogens is 397 g/mol. The van der Waals surface area contributed by atoms with Crippen molar-refractivity contribution in [1.82, 2.24) is 4.98 Å². The average molecular weight is 421 g/mol. The lowest BCUT2D eigenvalue weighted by Crippen LogP contribution is -2.18. The molecule has 2 heterocycles. The number of ether oxygens (including phenoxy) is 1. The van der Waals surface area contributed by atoms with Gasteiger partial charge in [0, 0.05) is 37.2 Å². The zero-order valence-electron chi connectivity index (χ0n) is 17.2. The monoisotopic (exact) mass is 421 g/mol. The second-order valence-corrected chi connectivity index (χ2v) is 7.53. The molecule has 0 fully saturated rings. The fourth-order valence-corrected chi connectivity index (χ4v) is 3.88. The van der Waals surface area contributed by atoms with Crippen LogP contribution in [0.5, 0.6) is 5.75 Å². The SMILES string of the molecule is CN(c1ccc(F)cc1)c1ccc2c(c1)OCCC2CCNc1cnccc1C(=O)O. The van der Waals surface area contributed by atoms with Gasteiger partial charge >= 0.3 is 5.97 Å². The molecule has 1 aliphatic heterocycles. The van der Waals surface area contributed by atoms with Crippen molar-refractivity contribution in [2.75, 3.05) is 30.4 Å². The lowest BCUT2D eigenvalue weighted by Gasteiger charge is -2.28. The van der Waals surface area contributed by atoms with Gasteiger partial charge in [0.1, 0.15) is 11.6 Å². The van der Waals surface area contributed by atoms with Crippen LogP contribution in [0.15, 0.2) is 60.9 Å². The number of benzene rings is 2. The number of halogens is 1. The molecule has 0 saturated heterocycles. The van der Waals surface area contributed by atoms with Crippen molar-refractivity contribution >= 4 is 23.0 Å². The molecule has 1 atom stereocenters. The summed E-state index contributed by atoms with van der Waals surface area (Å²) in [7, 11) is 1.94. The van der Waals surface area contributed by atoms with Crippen LogP contribution < -0.4 is 15.0 Å². The Morgan fingerprint density at radius 3 is 2.77 bits per heavy atom. The van der Waals surface area contributed by atoms with Crippen LogP contribution in [-0.2, 0) is 0 Å². The number of hydrogen-bond acceptors (Lipinski definition) is 5. The van der Waals surface area contributed by atoms with Crippen molar-refractivity contribution in [1.29, 1.82) is 0 Å². The number of anilines is 3. The summed E-state index contributed by atoms with van der Waals surface area (Å²) in [5, 5.41) is 12.5. The molecule has 0 saturated carbocycles. The van der Waals surface area contributed by atoms with Crippen LogP contribution in [0.25, 0.3) is 0 Å². The molecule has 2 N–H and O–H groups in total. The second-order valence-electron chi connectivity index (χ2n) is 7.53. The molecule has 6 nitrogen and oxygen atoms in total. The van der Waals surface area contributed by atoms with Crippen LogP contribution in [0.4, 0.5) is 21.5 Å². The first kappa shape index (κ1) is 20.7. The van der Waals surface area contributed by atoms with Crippen molar-refractivity contribution in [3.8, 4) is 5.75 Å². The molecule has 4 rings (SSSR count). The molecule has 31 heavy (non-hydrogen) atoms. The van der Waals surface area contributed by atoms with Gasteiger partial charge in [0.2, 0.25) is 0 Å². The largest absolute Gasteiger partial charge is 0.493 e. The summed E-state index contributed by atoms with van der Waals surface area (Å²) in [4.78, 5) is 17.4. The third-order valence-electron chi connectivity index (χ3n) is 5.62. The second kappa shape index (κ2) is 9.04. The number of fused-ring (bicyclic) bond motifs is 1. The van der Waals surface area contributed by atoms with Gasteiger partial charge in [0.05, 0.1) is 24.1 Å². The molecule has 0 amide bonds. The number of nitrogens with one attached hydrogen (secondary N) is 1. The van der Waals surface area contributed by atoms with E-state index in [4.69, 9.17) is 4.74 Å². The fourth-order valence-electron chi connectivity index (χ4n) is 3.88. The fraction of sp³-hybridized carbons (Fsp3) is 0.250. The summed E-state index contributed by atoms with van der Waals surface area (Å²) in [6.45, 7) is 1.27. The molecule has 3 aromatic rings. The Bertz CT molecular complexity index is 1070. The van der Waals surface area contributed by atoms with Gasteiger partial charge in [0.15, 0.2) is 0 Å². The Hall–Kier alpha value is -3.61. The van der Waals surface area contributed by atoms with Gasteiger partial charge in [-0.2, -0.15) is 0 Å².